The molecular formula is C16H16O5S. The first kappa shape index (κ1) is 15.0. The summed E-state index contributed by atoms with van der Waals surface area (Å²) in [6.07, 6.45) is 4.20. The van der Waals surface area contributed by atoms with Crippen molar-refractivity contribution in [3.8, 4) is 0 Å². The standard InChI is InChI=1S/C16H16O5S/c1-20-15-11-5-3-4-6-12(11)16(21-2)14-9-10(22(17,18)19)7-8-13(14)15/h3-9,14,16H,1-2H3,(H,17,18,19). The number of rotatable bonds is 3. The molecule has 2 aliphatic rings. The molecule has 22 heavy (non-hydrogen) atoms. The first-order valence-corrected chi connectivity index (χ1v) is 8.19. The van der Waals surface area contributed by atoms with Gasteiger partial charge in [0.2, 0.25) is 0 Å². The van der Waals surface area contributed by atoms with Crippen LogP contribution in [0.5, 0.6) is 0 Å². The summed E-state index contributed by atoms with van der Waals surface area (Å²) >= 11 is 0. The number of ether oxygens (including phenoxy) is 2. The number of benzene rings is 1. The predicted molar refractivity (Wildman–Crippen MR) is 82.4 cm³/mol. The second-order valence-corrected chi connectivity index (χ2v) is 6.56. The molecule has 0 bridgehead atoms. The van der Waals surface area contributed by atoms with Gasteiger partial charge >= 0.3 is 0 Å². The molecule has 1 aromatic rings. The van der Waals surface area contributed by atoms with E-state index in [0.29, 0.717) is 5.76 Å². The van der Waals surface area contributed by atoms with Crippen molar-refractivity contribution in [2.24, 2.45) is 5.92 Å². The Morgan fingerprint density at radius 3 is 2.50 bits per heavy atom. The topological polar surface area (TPSA) is 72.8 Å². The van der Waals surface area contributed by atoms with E-state index < -0.39 is 10.1 Å². The van der Waals surface area contributed by atoms with E-state index in [1.165, 1.54) is 12.2 Å². The zero-order valence-electron chi connectivity index (χ0n) is 12.2. The van der Waals surface area contributed by atoms with Crippen LogP contribution in [0.1, 0.15) is 17.2 Å². The first-order chi connectivity index (χ1) is 10.5. The molecular weight excluding hydrogens is 304 g/mol. The smallest absolute Gasteiger partial charge is 0.294 e. The van der Waals surface area contributed by atoms with Crippen LogP contribution in [0.15, 0.2) is 53.0 Å². The zero-order valence-corrected chi connectivity index (χ0v) is 13.0. The Balaban J connectivity index is 2.23. The predicted octanol–water partition coefficient (Wildman–Crippen LogP) is 2.70. The lowest BCUT2D eigenvalue weighted by molar-refractivity contribution is 0.0766. The van der Waals surface area contributed by atoms with Gasteiger partial charge in [0, 0.05) is 24.2 Å². The molecule has 2 atom stereocenters. The van der Waals surface area contributed by atoms with Crippen molar-refractivity contribution in [2.45, 2.75) is 6.10 Å². The largest absolute Gasteiger partial charge is 0.496 e. The Bertz CT molecular complexity index is 802. The second-order valence-electron chi connectivity index (χ2n) is 5.14. The second kappa shape index (κ2) is 5.39. The maximum Gasteiger partial charge on any atom is 0.294 e. The summed E-state index contributed by atoms with van der Waals surface area (Å²) in [5.74, 6) is 0.354. The third kappa shape index (κ3) is 2.29. The normalized spacial score (nSPS) is 23.7. The first-order valence-electron chi connectivity index (χ1n) is 6.75. The van der Waals surface area contributed by atoms with Gasteiger partial charge in [-0.15, -0.1) is 0 Å². The number of hydrogen-bond acceptors (Lipinski definition) is 4. The SMILES string of the molecule is COC1=C2C=CC(S(=O)(=O)O)=CC2C(OC)c2ccccc21. The molecule has 1 aromatic carbocycles. The molecule has 3 rings (SSSR count). The van der Waals surface area contributed by atoms with E-state index in [1.807, 2.05) is 24.3 Å². The molecule has 0 aliphatic heterocycles. The molecule has 1 N–H and O–H groups in total. The van der Waals surface area contributed by atoms with E-state index in [1.54, 1.807) is 20.3 Å². The van der Waals surface area contributed by atoms with E-state index in [4.69, 9.17) is 9.47 Å². The van der Waals surface area contributed by atoms with Crippen LogP contribution >= 0.6 is 0 Å². The highest BCUT2D eigenvalue weighted by Gasteiger charge is 2.36. The lowest BCUT2D eigenvalue weighted by Gasteiger charge is -2.34. The number of fused-ring (bicyclic) bond motifs is 2. The van der Waals surface area contributed by atoms with Crippen LogP contribution in [0.4, 0.5) is 0 Å². The summed E-state index contributed by atoms with van der Waals surface area (Å²) < 4.78 is 43.2. The molecule has 0 amide bonds. The number of methoxy groups -OCH3 is 2. The lowest BCUT2D eigenvalue weighted by Crippen LogP contribution is -2.24. The highest BCUT2D eigenvalue weighted by molar-refractivity contribution is 7.90. The maximum atomic E-state index is 11.4. The van der Waals surface area contributed by atoms with Crippen LogP contribution in [0.25, 0.3) is 5.76 Å². The fraction of sp³-hybridized carbons (Fsp3) is 0.250. The third-order valence-corrected chi connectivity index (χ3v) is 4.85. The van der Waals surface area contributed by atoms with Gasteiger partial charge in [-0.25, -0.2) is 0 Å². The van der Waals surface area contributed by atoms with Crippen molar-refractivity contribution in [2.75, 3.05) is 14.2 Å². The van der Waals surface area contributed by atoms with Gasteiger partial charge in [0.1, 0.15) is 5.76 Å². The van der Waals surface area contributed by atoms with Gasteiger partial charge in [-0.05, 0) is 11.6 Å². The van der Waals surface area contributed by atoms with E-state index in [0.717, 1.165) is 16.7 Å². The average Bonchev–Trinajstić information content (AvgIpc) is 2.51. The molecule has 116 valence electrons. The van der Waals surface area contributed by atoms with Gasteiger partial charge in [-0.3, -0.25) is 4.55 Å². The van der Waals surface area contributed by atoms with Crippen LogP contribution in [0.2, 0.25) is 0 Å². The Morgan fingerprint density at radius 2 is 1.86 bits per heavy atom. The lowest BCUT2D eigenvalue weighted by atomic mass is 9.78. The van der Waals surface area contributed by atoms with Gasteiger partial charge < -0.3 is 9.47 Å². The minimum atomic E-state index is -4.25. The van der Waals surface area contributed by atoms with Crippen LogP contribution in [-0.2, 0) is 19.6 Å². The summed E-state index contributed by atoms with van der Waals surface area (Å²) in [6.45, 7) is 0. The summed E-state index contributed by atoms with van der Waals surface area (Å²) in [6, 6.07) is 7.69. The van der Waals surface area contributed by atoms with Crippen LogP contribution in [0, 0.1) is 5.92 Å². The van der Waals surface area contributed by atoms with Crippen LogP contribution in [0.3, 0.4) is 0 Å². The maximum absolute atomic E-state index is 11.4. The van der Waals surface area contributed by atoms with Crippen molar-refractivity contribution in [3.05, 3.63) is 64.1 Å². The molecule has 2 aliphatic carbocycles. The van der Waals surface area contributed by atoms with E-state index in [2.05, 4.69) is 0 Å². The number of allylic oxidation sites excluding steroid dienone is 2. The van der Waals surface area contributed by atoms with Gasteiger partial charge in [-0.1, -0.05) is 36.4 Å². The van der Waals surface area contributed by atoms with E-state index in [9.17, 15) is 13.0 Å². The Labute approximate surface area is 129 Å². The molecule has 0 spiro atoms. The van der Waals surface area contributed by atoms with Crippen LogP contribution < -0.4 is 0 Å². The van der Waals surface area contributed by atoms with E-state index >= 15 is 0 Å². The van der Waals surface area contributed by atoms with Crippen molar-refractivity contribution >= 4 is 15.9 Å². The fourth-order valence-corrected chi connectivity index (χ4v) is 3.62. The highest BCUT2D eigenvalue weighted by atomic mass is 32.2. The molecule has 0 radical (unpaired) electrons. The van der Waals surface area contributed by atoms with Gasteiger partial charge in [0.05, 0.1) is 18.1 Å². The summed E-state index contributed by atoms with van der Waals surface area (Å²) in [5, 5.41) is 0. The molecule has 6 heteroatoms. The van der Waals surface area contributed by atoms with Crippen molar-refractivity contribution < 1.29 is 22.4 Å². The minimum Gasteiger partial charge on any atom is -0.496 e. The monoisotopic (exact) mass is 320 g/mol. The Morgan fingerprint density at radius 1 is 1.14 bits per heavy atom. The van der Waals surface area contributed by atoms with Gasteiger partial charge in [0.15, 0.2) is 0 Å². The summed E-state index contributed by atoms with van der Waals surface area (Å²) in [7, 11) is -1.09. The molecule has 0 aromatic heterocycles. The van der Waals surface area contributed by atoms with Crippen molar-refractivity contribution in [3.63, 3.8) is 0 Å². The molecule has 0 saturated carbocycles. The molecule has 0 heterocycles. The van der Waals surface area contributed by atoms with Gasteiger partial charge in [-0.2, -0.15) is 8.42 Å². The molecule has 5 nitrogen and oxygen atoms in total. The fourth-order valence-electron chi connectivity index (χ4n) is 3.06. The quantitative estimate of drug-likeness (QED) is 0.867. The molecule has 0 fully saturated rings. The van der Waals surface area contributed by atoms with Crippen molar-refractivity contribution in [1.82, 2.24) is 0 Å². The van der Waals surface area contributed by atoms with E-state index in [-0.39, 0.29) is 16.9 Å². The zero-order chi connectivity index (χ0) is 15.9. The molecule has 2 unspecified atom stereocenters. The van der Waals surface area contributed by atoms with Gasteiger partial charge in [0.25, 0.3) is 10.1 Å². The summed E-state index contributed by atoms with van der Waals surface area (Å²) in [4.78, 5) is -0.127. The number of hydrogen-bond donors (Lipinski definition) is 1. The van der Waals surface area contributed by atoms with Crippen LogP contribution in [-0.4, -0.2) is 27.2 Å². The average molecular weight is 320 g/mol. The van der Waals surface area contributed by atoms with Crippen molar-refractivity contribution in [1.29, 1.82) is 0 Å². The summed E-state index contributed by atoms with van der Waals surface area (Å²) in [5.41, 5.74) is 2.69. The Kier molecular flexibility index (Phi) is 3.68. The molecule has 0 saturated heterocycles. The Hall–Kier alpha value is -1.89. The minimum absolute atomic E-state index is 0.127. The third-order valence-electron chi connectivity index (χ3n) is 3.99. The highest BCUT2D eigenvalue weighted by Crippen LogP contribution is 2.46.